The lowest BCUT2D eigenvalue weighted by atomic mass is 10.0. The van der Waals surface area contributed by atoms with Gasteiger partial charge in [-0.3, -0.25) is 0 Å². The molecule has 0 aliphatic carbocycles. The van der Waals surface area contributed by atoms with E-state index in [1.165, 1.54) is 12.1 Å². The molecule has 2 rings (SSSR count). The third-order valence-corrected chi connectivity index (χ3v) is 3.68. The summed E-state index contributed by atoms with van der Waals surface area (Å²) in [7, 11) is 1.59. The first-order chi connectivity index (χ1) is 10.8. The number of halogens is 2. The number of rotatable bonds is 6. The first-order valence-corrected chi connectivity index (χ1v) is 7.59. The van der Waals surface area contributed by atoms with Gasteiger partial charge in [-0.15, -0.1) is 0 Å². The molecule has 0 heterocycles. The Balaban J connectivity index is 2.15. The van der Waals surface area contributed by atoms with Gasteiger partial charge in [0.05, 0.1) is 7.11 Å². The zero-order chi connectivity index (χ0) is 17.0. The fourth-order valence-electron chi connectivity index (χ4n) is 2.26. The molecule has 2 aromatic carbocycles. The third kappa shape index (κ3) is 4.44. The van der Waals surface area contributed by atoms with Crippen molar-refractivity contribution in [1.29, 1.82) is 0 Å². The highest BCUT2D eigenvalue weighted by molar-refractivity contribution is 5.44. The second kappa shape index (κ2) is 6.99. The summed E-state index contributed by atoms with van der Waals surface area (Å²) in [5.74, 6) is -1.22. The Hall–Kier alpha value is -2.10. The normalized spacial score (nSPS) is 11.6. The second-order valence-electron chi connectivity index (χ2n) is 5.94. The first kappa shape index (κ1) is 17.3. The van der Waals surface area contributed by atoms with E-state index in [9.17, 15) is 8.78 Å². The van der Waals surface area contributed by atoms with Crippen LogP contribution < -0.4 is 9.47 Å². The van der Waals surface area contributed by atoms with Crippen LogP contribution in [0.15, 0.2) is 42.5 Å². The molecule has 23 heavy (non-hydrogen) atoms. The van der Waals surface area contributed by atoms with Crippen LogP contribution in [0.25, 0.3) is 0 Å². The maximum atomic E-state index is 13.4. The number of methoxy groups -OCH3 is 1. The smallest absolute Gasteiger partial charge is 0.270 e. The van der Waals surface area contributed by atoms with Crippen LogP contribution in [0, 0.1) is 0 Å². The van der Waals surface area contributed by atoms with Crippen LogP contribution >= 0.6 is 0 Å². The average Bonchev–Trinajstić information content (AvgIpc) is 2.52. The SMILES string of the molecule is COc1cc(C(C)C)ccc1OCc1cccc(C(C)(F)F)c1. The van der Waals surface area contributed by atoms with Crippen LogP contribution in [-0.4, -0.2) is 7.11 Å². The van der Waals surface area contributed by atoms with Gasteiger partial charge in [0.2, 0.25) is 0 Å². The summed E-state index contributed by atoms with van der Waals surface area (Å²) in [6.45, 7) is 5.30. The van der Waals surface area contributed by atoms with E-state index in [4.69, 9.17) is 9.47 Å². The average molecular weight is 320 g/mol. The van der Waals surface area contributed by atoms with E-state index >= 15 is 0 Å². The van der Waals surface area contributed by atoms with Gasteiger partial charge in [-0.05, 0) is 35.2 Å². The zero-order valence-electron chi connectivity index (χ0n) is 13.9. The molecule has 0 saturated carbocycles. The molecule has 0 aromatic heterocycles. The molecule has 0 N–H and O–H groups in total. The topological polar surface area (TPSA) is 18.5 Å². The lowest BCUT2D eigenvalue weighted by Gasteiger charge is -2.15. The van der Waals surface area contributed by atoms with Gasteiger partial charge in [0, 0.05) is 12.5 Å². The minimum atomic E-state index is -2.85. The Bertz CT molecular complexity index is 661. The minimum Gasteiger partial charge on any atom is -0.493 e. The molecule has 4 heteroatoms. The summed E-state index contributed by atoms with van der Waals surface area (Å²) in [6, 6.07) is 12.0. The fourth-order valence-corrected chi connectivity index (χ4v) is 2.26. The largest absolute Gasteiger partial charge is 0.493 e. The molecular formula is C19H22F2O2. The summed E-state index contributed by atoms with van der Waals surface area (Å²) < 4.78 is 37.9. The summed E-state index contributed by atoms with van der Waals surface area (Å²) in [4.78, 5) is 0. The van der Waals surface area contributed by atoms with E-state index in [0.717, 1.165) is 12.5 Å². The maximum Gasteiger partial charge on any atom is 0.270 e. The van der Waals surface area contributed by atoms with Crippen LogP contribution in [-0.2, 0) is 12.5 Å². The van der Waals surface area contributed by atoms with Crippen LogP contribution in [0.2, 0.25) is 0 Å². The highest BCUT2D eigenvalue weighted by Gasteiger charge is 2.24. The van der Waals surface area contributed by atoms with Crippen molar-refractivity contribution in [2.45, 2.75) is 39.2 Å². The Kier molecular flexibility index (Phi) is 5.24. The Morgan fingerprint density at radius 3 is 2.39 bits per heavy atom. The molecule has 0 amide bonds. The van der Waals surface area contributed by atoms with Gasteiger partial charge < -0.3 is 9.47 Å². The monoisotopic (exact) mass is 320 g/mol. The van der Waals surface area contributed by atoms with E-state index in [0.29, 0.717) is 23.0 Å². The Morgan fingerprint density at radius 1 is 1.04 bits per heavy atom. The fraction of sp³-hybridized carbons (Fsp3) is 0.368. The summed E-state index contributed by atoms with van der Waals surface area (Å²) >= 11 is 0. The van der Waals surface area contributed by atoms with E-state index in [1.54, 1.807) is 19.2 Å². The molecule has 0 atom stereocenters. The van der Waals surface area contributed by atoms with Crippen molar-refractivity contribution < 1.29 is 18.3 Å². The summed E-state index contributed by atoms with van der Waals surface area (Å²) in [5.41, 5.74) is 1.83. The van der Waals surface area contributed by atoms with Crippen LogP contribution in [0.3, 0.4) is 0 Å². The van der Waals surface area contributed by atoms with Gasteiger partial charge >= 0.3 is 0 Å². The molecule has 2 nitrogen and oxygen atoms in total. The molecule has 0 aliphatic rings. The number of alkyl halides is 2. The number of hydrogen-bond acceptors (Lipinski definition) is 2. The molecule has 0 aliphatic heterocycles. The van der Waals surface area contributed by atoms with Crippen LogP contribution in [0.1, 0.15) is 43.4 Å². The standard InChI is InChI=1S/C19H22F2O2/c1-13(2)15-8-9-17(18(11-15)22-4)23-12-14-6-5-7-16(10-14)19(3,20)21/h5-11,13H,12H2,1-4H3. The van der Waals surface area contributed by atoms with Gasteiger partial charge in [-0.2, -0.15) is 0 Å². The molecule has 0 radical (unpaired) electrons. The number of hydrogen-bond donors (Lipinski definition) is 0. The molecule has 0 bridgehead atoms. The predicted octanol–water partition coefficient (Wildman–Crippen LogP) is 5.51. The highest BCUT2D eigenvalue weighted by Crippen LogP contribution is 2.32. The van der Waals surface area contributed by atoms with E-state index in [-0.39, 0.29) is 12.2 Å². The lowest BCUT2D eigenvalue weighted by Crippen LogP contribution is -2.08. The Morgan fingerprint density at radius 2 is 1.78 bits per heavy atom. The maximum absolute atomic E-state index is 13.4. The zero-order valence-corrected chi connectivity index (χ0v) is 13.9. The highest BCUT2D eigenvalue weighted by atomic mass is 19.3. The molecular weight excluding hydrogens is 298 g/mol. The van der Waals surface area contributed by atoms with E-state index in [1.807, 2.05) is 18.2 Å². The van der Waals surface area contributed by atoms with Crippen molar-refractivity contribution in [2.75, 3.05) is 7.11 Å². The van der Waals surface area contributed by atoms with Crippen molar-refractivity contribution in [3.8, 4) is 11.5 Å². The second-order valence-corrected chi connectivity index (χ2v) is 5.94. The number of benzene rings is 2. The van der Waals surface area contributed by atoms with Gasteiger partial charge in [0.25, 0.3) is 5.92 Å². The molecule has 0 saturated heterocycles. The van der Waals surface area contributed by atoms with Crippen LogP contribution in [0.5, 0.6) is 11.5 Å². The molecule has 124 valence electrons. The first-order valence-electron chi connectivity index (χ1n) is 7.59. The van der Waals surface area contributed by atoms with Crippen molar-refractivity contribution in [3.05, 3.63) is 59.2 Å². The summed E-state index contributed by atoms with van der Waals surface area (Å²) in [6.07, 6.45) is 0. The van der Waals surface area contributed by atoms with Crippen LogP contribution in [0.4, 0.5) is 8.78 Å². The third-order valence-electron chi connectivity index (χ3n) is 3.68. The minimum absolute atomic E-state index is 0.0132. The van der Waals surface area contributed by atoms with E-state index in [2.05, 4.69) is 13.8 Å². The van der Waals surface area contributed by atoms with E-state index < -0.39 is 5.92 Å². The van der Waals surface area contributed by atoms with Crippen molar-refractivity contribution in [2.24, 2.45) is 0 Å². The van der Waals surface area contributed by atoms with Gasteiger partial charge in [-0.25, -0.2) is 8.78 Å². The molecule has 2 aromatic rings. The van der Waals surface area contributed by atoms with Gasteiger partial charge in [0.15, 0.2) is 11.5 Å². The van der Waals surface area contributed by atoms with Gasteiger partial charge in [0.1, 0.15) is 6.61 Å². The van der Waals surface area contributed by atoms with Crippen molar-refractivity contribution in [1.82, 2.24) is 0 Å². The quantitative estimate of drug-likeness (QED) is 0.699. The number of ether oxygens (including phenoxy) is 2. The Labute approximate surface area is 136 Å². The predicted molar refractivity (Wildman–Crippen MR) is 87.4 cm³/mol. The van der Waals surface area contributed by atoms with Crippen molar-refractivity contribution >= 4 is 0 Å². The van der Waals surface area contributed by atoms with Crippen molar-refractivity contribution in [3.63, 3.8) is 0 Å². The molecule has 0 spiro atoms. The summed E-state index contributed by atoms with van der Waals surface area (Å²) in [5, 5.41) is 0. The van der Waals surface area contributed by atoms with Gasteiger partial charge in [-0.1, -0.05) is 38.1 Å². The molecule has 0 unspecified atom stereocenters. The lowest BCUT2D eigenvalue weighted by molar-refractivity contribution is 0.0173. The molecule has 0 fully saturated rings.